The SMILES string of the molecule is C=CCCC(=O)Oc1c(C)c2c(c3c1[C@H]1SC[C@]4(NCCc5cc(O)c(OC)cc54)C(=O)OC[C@H]3N3C1[C@H]1c4c(cc(C)c(OC)c4O)C[C@H]([C@@H]3C#N)N1C)OCO2. The van der Waals surface area contributed by atoms with E-state index in [2.05, 4.69) is 27.8 Å². The molecular weight excluding hydrogens is 765 g/mol. The number of nitriles is 1. The van der Waals surface area contributed by atoms with Crippen molar-refractivity contribution >= 4 is 23.7 Å². The van der Waals surface area contributed by atoms with Crippen molar-refractivity contribution in [2.24, 2.45) is 0 Å². The van der Waals surface area contributed by atoms with E-state index in [-0.39, 0.29) is 48.9 Å². The lowest BCUT2D eigenvalue weighted by Gasteiger charge is -2.62. The fraction of sp³-hybridized carbons (Fsp3) is 0.465. The molecule has 7 aliphatic heterocycles. The number of piperazine rings is 1. The Morgan fingerprint density at radius 2 is 1.90 bits per heavy atom. The quantitative estimate of drug-likeness (QED) is 0.174. The second-order valence-electron chi connectivity index (χ2n) is 15.8. The maximum absolute atomic E-state index is 14.8. The van der Waals surface area contributed by atoms with Gasteiger partial charge in [-0.2, -0.15) is 5.26 Å². The first-order valence-corrected chi connectivity index (χ1v) is 20.5. The number of phenols is 2. The molecule has 3 aromatic rings. The standard InChI is InChI=1S/C43H46N4O10S/c1-7-8-9-30(49)57-38-21(3)39-40(56-19-55-39)32-27-17-54-42(51)43(24-15-29(52-5)28(48)14-22(24)10-11-45-43)18-58-41(33(32)38)35-34-31-23(12-20(2)37(53-6)36(31)50)13-25(46(34)4)26(16-44)47(27)35/h7,12,14-15,25-27,34-35,41,45,48,50H,1,8-11,13,17-19H2,2-6H3/t25-,26+,27-,34-,35?,41-,43-/m1/s1. The molecule has 1 unspecified atom stereocenters. The summed E-state index contributed by atoms with van der Waals surface area (Å²) in [7, 11) is 4.99. The van der Waals surface area contributed by atoms with Crippen molar-refractivity contribution in [3.05, 3.63) is 75.4 Å². The molecular formula is C43H46N4O10S. The van der Waals surface area contributed by atoms with Gasteiger partial charge in [0.25, 0.3) is 0 Å². The van der Waals surface area contributed by atoms with E-state index in [0.29, 0.717) is 76.6 Å². The molecule has 15 heteroatoms. The number of benzene rings is 3. The van der Waals surface area contributed by atoms with Gasteiger partial charge in [-0.3, -0.25) is 19.9 Å². The number of esters is 2. The van der Waals surface area contributed by atoms with Gasteiger partial charge in [0.2, 0.25) is 6.79 Å². The number of aromatic hydroxyl groups is 2. The number of carbonyl (C=O) groups excluding carboxylic acids is 2. The molecule has 3 aromatic carbocycles. The predicted molar refractivity (Wildman–Crippen MR) is 212 cm³/mol. The lowest BCUT2D eigenvalue weighted by molar-refractivity contribution is -0.157. The highest BCUT2D eigenvalue weighted by atomic mass is 32.2. The largest absolute Gasteiger partial charge is 0.504 e. The smallest absolute Gasteiger partial charge is 0.331 e. The van der Waals surface area contributed by atoms with Crippen molar-refractivity contribution in [3.8, 4) is 46.3 Å². The first-order valence-electron chi connectivity index (χ1n) is 19.5. The zero-order chi connectivity index (χ0) is 40.8. The molecule has 58 heavy (non-hydrogen) atoms. The van der Waals surface area contributed by atoms with Crippen molar-refractivity contribution < 1.29 is 48.2 Å². The number of allylic oxidation sites excluding steroid dienone is 1. The Labute approximate surface area is 340 Å². The summed E-state index contributed by atoms with van der Waals surface area (Å²) in [6.45, 7) is 7.70. The van der Waals surface area contributed by atoms with E-state index < -0.39 is 46.9 Å². The Morgan fingerprint density at radius 3 is 2.64 bits per heavy atom. The number of fused-ring (bicyclic) bond motifs is 9. The van der Waals surface area contributed by atoms with Crippen LogP contribution in [0.15, 0.2) is 30.9 Å². The highest BCUT2D eigenvalue weighted by molar-refractivity contribution is 7.99. The summed E-state index contributed by atoms with van der Waals surface area (Å²) in [5.74, 6) is 1.01. The summed E-state index contributed by atoms with van der Waals surface area (Å²) in [5, 5.41) is 37.1. The van der Waals surface area contributed by atoms with Crippen LogP contribution in [0.2, 0.25) is 0 Å². The summed E-state index contributed by atoms with van der Waals surface area (Å²) in [4.78, 5) is 32.8. The Kier molecular flexibility index (Phi) is 9.46. The molecule has 14 nitrogen and oxygen atoms in total. The minimum atomic E-state index is -1.38. The molecule has 0 aromatic heterocycles. The van der Waals surface area contributed by atoms with Crippen molar-refractivity contribution in [2.75, 3.05) is 47.0 Å². The highest BCUT2D eigenvalue weighted by Gasteiger charge is 2.62. The van der Waals surface area contributed by atoms with Crippen LogP contribution in [0.3, 0.4) is 0 Å². The van der Waals surface area contributed by atoms with Gasteiger partial charge in [0.15, 0.2) is 40.0 Å². The van der Waals surface area contributed by atoms with Crippen LogP contribution in [0.25, 0.3) is 0 Å². The molecule has 3 N–H and O–H groups in total. The lowest BCUT2D eigenvalue weighted by Crippen LogP contribution is -2.69. The minimum Gasteiger partial charge on any atom is -0.504 e. The first kappa shape index (κ1) is 38.4. The summed E-state index contributed by atoms with van der Waals surface area (Å²) in [5.41, 5.74) is 4.37. The summed E-state index contributed by atoms with van der Waals surface area (Å²) in [6.07, 6.45) is 3.22. The van der Waals surface area contributed by atoms with Crippen LogP contribution >= 0.6 is 11.8 Å². The third-order valence-electron chi connectivity index (χ3n) is 13.0. The maximum atomic E-state index is 14.8. The number of likely N-dealkylation sites (N-methyl/N-ethyl adjacent to an activating group) is 1. The predicted octanol–water partition coefficient (Wildman–Crippen LogP) is 4.93. The van der Waals surface area contributed by atoms with Gasteiger partial charge in [0.1, 0.15) is 18.4 Å². The van der Waals surface area contributed by atoms with E-state index >= 15 is 0 Å². The van der Waals surface area contributed by atoms with Gasteiger partial charge >= 0.3 is 11.9 Å². The van der Waals surface area contributed by atoms with Gasteiger partial charge in [-0.25, -0.2) is 4.79 Å². The minimum absolute atomic E-state index is 0.0268. The van der Waals surface area contributed by atoms with E-state index in [1.165, 1.54) is 26.0 Å². The number of nitrogens with zero attached hydrogens (tertiary/aromatic N) is 3. The molecule has 7 heterocycles. The van der Waals surface area contributed by atoms with E-state index in [1.807, 2.05) is 27.0 Å². The molecule has 4 bridgehead atoms. The fourth-order valence-electron chi connectivity index (χ4n) is 10.4. The molecule has 2 saturated heterocycles. The molecule has 0 aliphatic carbocycles. The second kappa shape index (κ2) is 14.3. The summed E-state index contributed by atoms with van der Waals surface area (Å²) < 4.78 is 36.5. The van der Waals surface area contributed by atoms with E-state index in [0.717, 1.165) is 16.7 Å². The zero-order valence-electron chi connectivity index (χ0n) is 33.0. The van der Waals surface area contributed by atoms with E-state index in [9.17, 15) is 25.1 Å². The number of hydrogen-bond donors (Lipinski definition) is 3. The molecule has 1 spiro atoms. The Bertz CT molecular complexity index is 2310. The number of hydrogen-bond acceptors (Lipinski definition) is 15. The van der Waals surface area contributed by atoms with Crippen molar-refractivity contribution in [3.63, 3.8) is 0 Å². The van der Waals surface area contributed by atoms with Gasteiger partial charge in [0.05, 0.1) is 37.6 Å². The van der Waals surface area contributed by atoms with Gasteiger partial charge in [0, 0.05) is 53.1 Å². The third-order valence-corrected chi connectivity index (χ3v) is 14.4. The Balaban J connectivity index is 1.33. The summed E-state index contributed by atoms with van der Waals surface area (Å²) in [6, 6.07) is 5.22. The average Bonchev–Trinajstić information content (AvgIpc) is 3.70. The van der Waals surface area contributed by atoms with Crippen LogP contribution in [-0.2, 0) is 32.7 Å². The molecule has 7 aliphatic rings. The molecule has 304 valence electrons. The molecule has 0 saturated carbocycles. The number of phenolic OH excluding ortho intramolecular Hbond substituents is 2. The number of thioether (sulfide) groups is 1. The normalized spacial score (nSPS) is 28.0. The van der Waals surface area contributed by atoms with Crippen LogP contribution < -0.4 is 29.0 Å². The molecule has 2 fully saturated rings. The average molecular weight is 811 g/mol. The van der Waals surface area contributed by atoms with E-state index in [4.69, 9.17) is 28.4 Å². The van der Waals surface area contributed by atoms with E-state index in [1.54, 1.807) is 18.2 Å². The monoisotopic (exact) mass is 810 g/mol. The number of carbonyl (C=O) groups is 2. The van der Waals surface area contributed by atoms with Gasteiger partial charge < -0.3 is 38.6 Å². The van der Waals surface area contributed by atoms with Crippen molar-refractivity contribution in [1.29, 1.82) is 5.26 Å². The zero-order valence-corrected chi connectivity index (χ0v) is 33.9. The second-order valence-corrected chi connectivity index (χ2v) is 16.9. The number of aryl methyl sites for hydroxylation is 1. The Morgan fingerprint density at radius 1 is 1.10 bits per heavy atom. The van der Waals surface area contributed by atoms with Crippen LogP contribution in [0, 0.1) is 25.2 Å². The van der Waals surface area contributed by atoms with Crippen LogP contribution in [0.4, 0.5) is 0 Å². The van der Waals surface area contributed by atoms with Gasteiger partial charge in [-0.1, -0.05) is 12.1 Å². The van der Waals surface area contributed by atoms with Crippen LogP contribution in [-0.4, -0.2) is 97.0 Å². The molecule has 0 amide bonds. The maximum Gasteiger partial charge on any atom is 0.331 e. The van der Waals surface area contributed by atoms with Crippen LogP contribution in [0.1, 0.15) is 74.7 Å². The fourth-order valence-corrected chi connectivity index (χ4v) is 12.1. The third kappa shape index (κ3) is 5.41. The topological polar surface area (TPSA) is 172 Å². The number of nitrogens with one attached hydrogen (secondary N) is 1. The van der Waals surface area contributed by atoms with Gasteiger partial charge in [-0.15, -0.1) is 18.3 Å². The van der Waals surface area contributed by atoms with Crippen molar-refractivity contribution in [2.45, 2.75) is 80.5 Å². The molecule has 0 radical (unpaired) electrons. The lowest BCUT2D eigenvalue weighted by atomic mass is 9.71. The van der Waals surface area contributed by atoms with Crippen molar-refractivity contribution in [1.82, 2.24) is 15.1 Å². The molecule has 7 atom stereocenters. The molecule has 10 rings (SSSR count). The van der Waals surface area contributed by atoms with Gasteiger partial charge in [-0.05, 0) is 74.5 Å². The highest BCUT2D eigenvalue weighted by Crippen LogP contribution is 2.64. The summed E-state index contributed by atoms with van der Waals surface area (Å²) >= 11 is 1.48. The first-order chi connectivity index (χ1) is 28.0. The Hall–Kier alpha value is -5.14. The number of rotatable bonds is 6. The van der Waals surface area contributed by atoms with Crippen LogP contribution in [0.5, 0.6) is 40.2 Å². The number of methoxy groups -OCH3 is 2. The number of ether oxygens (including phenoxy) is 6.